The highest BCUT2D eigenvalue weighted by Crippen LogP contribution is 2.23. The second-order valence-corrected chi connectivity index (χ2v) is 6.13. The smallest absolute Gasteiger partial charge is 0.0674 e. The number of ether oxygens (including phenoxy) is 1. The molecule has 1 aliphatic rings. The zero-order valence-electron chi connectivity index (χ0n) is 13.9. The summed E-state index contributed by atoms with van der Waals surface area (Å²) in [5.74, 6) is 0. The molecule has 3 nitrogen and oxygen atoms in total. The van der Waals surface area contributed by atoms with Gasteiger partial charge in [0.1, 0.15) is 0 Å². The van der Waals surface area contributed by atoms with Crippen molar-refractivity contribution in [3.05, 3.63) is 35.4 Å². The Kier molecular flexibility index (Phi) is 6.22. The van der Waals surface area contributed by atoms with Gasteiger partial charge in [0.05, 0.1) is 6.10 Å². The van der Waals surface area contributed by atoms with Crippen LogP contribution in [0, 0.1) is 0 Å². The number of hydrogen-bond acceptors (Lipinski definition) is 3. The van der Waals surface area contributed by atoms with Crippen molar-refractivity contribution in [3.8, 4) is 0 Å². The van der Waals surface area contributed by atoms with E-state index in [1.54, 1.807) is 0 Å². The molecule has 1 heterocycles. The number of likely N-dealkylation sites (N-methyl/N-ethyl adjacent to an activating group) is 1. The van der Waals surface area contributed by atoms with Crippen molar-refractivity contribution in [2.24, 2.45) is 0 Å². The Balaban J connectivity index is 2.10. The first-order chi connectivity index (χ1) is 10.2. The third-order valence-electron chi connectivity index (χ3n) is 4.60. The summed E-state index contributed by atoms with van der Waals surface area (Å²) >= 11 is 0. The fourth-order valence-corrected chi connectivity index (χ4v) is 3.25. The predicted molar refractivity (Wildman–Crippen MR) is 88.7 cm³/mol. The summed E-state index contributed by atoms with van der Waals surface area (Å²) in [5, 5.41) is 3.51. The fraction of sp³-hybridized carbons (Fsp3) is 0.667. The zero-order valence-corrected chi connectivity index (χ0v) is 13.9. The molecule has 0 radical (unpaired) electrons. The Hall–Kier alpha value is -0.900. The average Bonchev–Trinajstić information content (AvgIpc) is 2.73. The summed E-state index contributed by atoms with van der Waals surface area (Å²) in [6, 6.07) is 9.87. The van der Waals surface area contributed by atoms with E-state index in [0.717, 1.165) is 32.5 Å². The van der Waals surface area contributed by atoms with Gasteiger partial charge in [0.25, 0.3) is 0 Å². The summed E-state index contributed by atoms with van der Waals surface area (Å²) in [6.07, 6.45) is 2.55. The van der Waals surface area contributed by atoms with Gasteiger partial charge in [-0.15, -0.1) is 0 Å². The van der Waals surface area contributed by atoms with Crippen molar-refractivity contribution in [1.29, 1.82) is 0 Å². The average molecular weight is 290 g/mol. The second-order valence-electron chi connectivity index (χ2n) is 6.13. The molecule has 0 aromatic heterocycles. The largest absolute Gasteiger partial charge is 0.377 e. The molecule has 1 aromatic carbocycles. The van der Waals surface area contributed by atoms with Crippen LogP contribution < -0.4 is 5.32 Å². The zero-order chi connectivity index (χ0) is 15.2. The topological polar surface area (TPSA) is 24.5 Å². The molecule has 1 N–H and O–H groups in total. The van der Waals surface area contributed by atoms with Gasteiger partial charge in [0.15, 0.2) is 0 Å². The number of aryl methyl sites for hydroxylation is 1. The van der Waals surface area contributed by atoms with E-state index in [0.29, 0.717) is 18.2 Å². The van der Waals surface area contributed by atoms with Crippen LogP contribution in [0.1, 0.15) is 44.4 Å². The Morgan fingerprint density at radius 2 is 2.05 bits per heavy atom. The van der Waals surface area contributed by atoms with Crippen LogP contribution in [0.2, 0.25) is 0 Å². The van der Waals surface area contributed by atoms with Gasteiger partial charge in [-0.25, -0.2) is 0 Å². The molecule has 0 spiro atoms. The van der Waals surface area contributed by atoms with Crippen LogP contribution in [0.3, 0.4) is 0 Å². The highest BCUT2D eigenvalue weighted by atomic mass is 16.5. The third kappa shape index (κ3) is 4.29. The van der Waals surface area contributed by atoms with Gasteiger partial charge < -0.3 is 10.1 Å². The van der Waals surface area contributed by atoms with Crippen molar-refractivity contribution in [1.82, 2.24) is 10.2 Å². The molecular weight excluding hydrogens is 260 g/mol. The van der Waals surface area contributed by atoms with E-state index >= 15 is 0 Å². The molecule has 2 rings (SSSR count). The molecule has 1 saturated heterocycles. The minimum absolute atomic E-state index is 0.329. The van der Waals surface area contributed by atoms with Crippen LogP contribution in [-0.2, 0) is 11.2 Å². The Morgan fingerprint density at radius 1 is 1.33 bits per heavy atom. The summed E-state index contributed by atoms with van der Waals surface area (Å²) < 4.78 is 5.77. The van der Waals surface area contributed by atoms with Crippen molar-refractivity contribution >= 4 is 0 Å². The highest BCUT2D eigenvalue weighted by Gasteiger charge is 2.26. The number of hydrogen-bond donors (Lipinski definition) is 1. The minimum Gasteiger partial charge on any atom is -0.377 e. The van der Waals surface area contributed by atoms with Crippen LogP contribution in [-0.4, -0.2) is 43.8 Å². The molecule has 3 unspecified atom stereocenters. The first-order valence-corrected chi connectivity index (χ1v) is 8.27. The van der Waals surface area contributed by atoms with Crippen LogP contribution >= 0.6 is 0 Å². The SMILES string of the molecule is CCc1ccc(C(NC)C(C)N2CCCOC(C)C2)cc1. The van der Waals surface area contributed by atoms with E-state index in [-0.39, 0.29) is 0 Å². The molecule has 3 atom stereocenters. The third-order valence-corrected chi connectivity index (χ3v) is 4.60. The van der Waals surface area contributed by atoms with Crippen LogP contribution in [0.4, 0.5) is 0 Å². The maximum atomic E-state index is 5.77. The molecule has 0 saturated carbocycles. The maximum Gasteiger partial charge on any atom is 0.0674 e. The first kappa shape index (κ1) is 16.5. The summed E-state index contributed by atoms with van der Waals surface area (Å²) in [6.45, 7) is 9.73. The molecule has 0 bridgehead atoms. The number of nitrogens with one attached hydrogen (secondary N) is 1. The van der Waals surface area contributed by atoms with Crippen molar-refractivity contribution in [2.45, 2.75) is 51.8 Å². The van der Waals surface area contributed by atoms with Gasteiger partial charge in [-0.05, 0) is 44.9 Å². The van der Waals surface area contributed by atoms with Crippen LogP contribution in [0.15, 0.2) is 24.3 Å². The number of nitrogens with zero attached hydrogens (tertiary/aromatic N) is 1. The molecule has 1 aliphatic heterocycles. The summed E-state index contributed by atoms with van der Waals surface area (Å²) in [4.78, 5) is 2.56. The minimum atomic E-state index is 0.329. The van der Waals surface area contributed by atoms with E-state index in [1.165, 1.54) is 11.1 Å². The molecule has 118 valence electrons. The van der Waals surface area contributed by atoms with E-state index in [2.05, 4.69) is 62.3 Å². The number of benzene rings is 1. The molecule has 21 heavy (non-hydrogen) atoms. The fourth-order valence-electron chi connectivity index (χ4n) is 3.25. The molecule has 0 aliphatic carbocycles. The lowest BCUT2D eigenvalue weighted by Crippen LogP contribution is -2.44. The van der Waals surface area contributed by atoms with Gasteiger partial charge >= 0.3 is 0 Å². The van der Waals surface area contributed by atoms with Crippen LogP contribution in [0.5, 0.6) is 0 Å². The molecule has 1 fully saturated rings. The standard InChI is InChI=1S/C18H30N2O/c1-5-16-7-9-17(10-8-16)18(19-4)15(3)20-11-6-12-21-14(2)13-20/h7-10,14-15,18-19H,5-6,11-13H2,1-4H3. The van der Waals surface area contributed by atoms with Crippen molar-refractivity contribution < 1.29 is 4.74 Å². The molecular formula is C18H30N2O. The molecule has 3 heteroatoms. The van der Waals surface area contributed by atoms with Crippen molar-refractivity contribution in [3.63, 3.8) is 0 Å². The Labute approximate surface area is 129 Å². The first-order valence-electron chi connectivity index (χ1n) is 8.27. The summed E-state index contributed by atoms with van der Waals surface area (Å²) in [7, 11) is 2.06. The lowest BCUT2D eigenvalue weighted by Gasteiger charge is -2.35. The predicted octanol–water partition coefficient (Wildman–Crippen LogP) is 3.01. The van der Waals surface area contributed by atoms with Gasteiger partial charge in [0, 0.05) is 31.8 Å². The molecule has 0 amide bonds. The van der Waals surface area contributed by atoms with E-state index in [1.807, 2.05) is 0 Å². The Morgan fingerprint density at radius 3 is 2.67 bits per heavy atom. The lowest BCUT2D eigenvalue weighted by atomic mass is 9.97. The van der Waals surface area contributed by atoms with Gasteiger partial charge in [0.2, 0.25) is 0 Å². The lowest BCUT2D eigenvalue weighted by molar-refractivity contribution is 0.0585. The van der Waals surface area contributed by atoms with E-state index in [9.17, 15) is 0 Å². The number of rotatable bonds is 5. The van der Waals surface area contributed by atoms with Crippen LogP contribution in [0.25, 0.3) is 0 Å². The van der Waals surface area contributed by atoms with Crippen molar-refractivity contribution in [2.75, 3.05) is 26.7 Å². The quantitative estimate of drug-likeness (QED) is 0.902. The summed E-state index contributed by atoms with van der Waals surface area (Å²) in [5.41, 5.74) is 2.78. The van der Waals surface area contributed by atoms with Gasteiger partial charge in [-0.2, -0.15) is 0 Å². The monoisotopic (exact) mass is 290 g/mol. The Bertz CT molecular complexity index is 418. The maximum absolute atomic E-state index is 5.77. The van der Waals surface area contributed by atoms with Gasteiger partial charge in [-0.1, -0.05) is 31.2 Å². The second kappa shape index (κ2) is 7.92. The van der Waals surface area contributed by atoms with Gasteiger partial charge in [-0.3, -0.25) is 4.90 Å². The van der Waals surface area contributed by atoms with E-state index < -0.39 is 0 Å². The molecule has 1 aromatic rings. The highest BCUT2D eigenvalue weighted by molar-refractivity contribution is 5.26. The normalized spacial score (nSPS) is 23.5. The van der Waals surface area contributed by atoms with E-state index in [4.69, 9.17) is 4.74 Å².